The molecule has 0 aliphatic carbocycles. The van der Waals surface area contributed by atoms with Gasteiger partial charge >= 0.3 is 5.97 Å². The number of rotatable bonds is 7. The van der Waals surface area contributed by atoms with Crippen LogP contribution in [0.2, 0.25) is 0 Å². The van der Waals surface area contributed by atoms with E-state index in [9.17, 15) is 14.4 Å². The SMILES string of the molecule is CCC(CN)C(=O)NCC(=O)NCC(=O)O. The number of amides is 2. The predicted molar refractivity (Wildman–Crippen MR) is 56.5 cm³/mol. The topological polar surface area (TPSA) is 122 Å². The minimum absolute atomic E-state index is 0.221. The van der Waals surface area contributed by atoms with Crippen LogP contribution in [0.1, 0.15) is 13.3 Å². The monoisotopic (exact) mass is 231 g/mol. The van der Waals surface area contributed by atoms with Gasteiger partial charge in [0.2, 0.25) is 11.8 Å². The molecule has 0 saturated heterocycles. The Labute approximate surface area is 93.4 Å². The lowest BCUT2D eigenvalue weighted by Gasteiger charge is -2.12. The first-order valence-electron chi connectivity index (χ1n) is 4.97. The zero-order valence-corrected chi connectivity index (χ0v) is 9.16. The summed E-state index contributed by atoms with van der Waals surface area (Å²) in [6.07, 6.45) is 0.596. The van der Waals surface area contributed by atoms with Crippen LogP contribution in [-0.4, -0.2) is 42.5 Å². The van der Waals surface area contributed by atoms with Gasteiger partial charge in [-0.2, -0.15) is 0 Å². The van der Waals surface area contributed by atoms with Gasteiger partial charge in [0.1, 0.15) is 6.54 Å². The van der Waals surface area contributed by atoms with Crippen molar-refractivity contribution in [2.45, 2.75) is 13.3 Å². The van der Waals surface area contributed by atoms with Gasteiger partial charge in [-0.3, -0.25) is 14.4 Å². The molecule has 7 heteroatoms. The summed E-state index contributed by atoms with van der Waals surface area (Å²) in [6.45, 7) is 1.35. The van der Waals surface area contributed by atoms with Crippen molar-refractivity contribution in [2.75, 3.05) is 19.6 Å². The number of hydrogen-bond donors (Lipinski definition) is 4. The summed E-state index contributed by atoms with van der Waals surface area (Å²) < 4.78 is 0. The Bertz CT molecular complexity index is 263. The van der Waals surface area contributed by atoms with Crippen molar-refractivity contribution in [1.82, 2.24) is 10.6 Å². The quantitative estimate of drug-likeness (QED) is 0.415. The van der Waals surface area contributed by atoms with E-state index in [-0.39, 0.29) is 24.9 Å². The van der Waals surface area contributed by atoms with E-state index in [0.717, 1.165) is 0 Å². The Hall–Kier alpha value is -1.63. The molecular weight excluding hydrogens is 214 g/mol. The Morgan fingerprint density at radius 2 is 1.88 bits per heavy atom. The van der Waals surface area contributed by atoms with Crippen LogP contribution in [0.15, 0.2) is 0 Å². The highest BCUT2D eigenvalue weighted by Gasteiger charge is 2.15. The number of hydrogen-bond acceptors (Lipinski definition) is 4. The molecule has 0 radical (unpaired) electrons. The molecule has 7 nitrogen and oxygen atoms in total. The fraction of sp³-hybridized carbons (Fsp3) is 0.667. The van der Waals surface area contributed by atoms with Crippen LogP contribution in [0.3, 0.4) is 0 Å². The third-order valence-electron chi connectivity index (χ3n) is 2.01. The number of carboxylic acid groups (broad SMARTS) is 1. The number of carboxylic acids is 1. The fourth-order valence-electron chi connectivity index (χ4n) is 1.01. The highest BCUT2D eigenvalue weighted by atomic mass is 16.4. The molecule has 0 aliphatic heterocycles. The second-order valence-electron chi connectivity index (χ2n) is 3.23. The lowest BCUT2D eigenvalue weighted by molar-refractivity contribution is -0.137. The third-order valence-corrected chi connectivity index (χ3v) is 2.01. The smallest absolute Gasteiger partial charge is 0.322 e. The first-order valence-corrected chi connectivity index (χ1v) is 4.97. The van der Waals surface area contributed by atoms with Crippen molar-refractivity contribution >= 4 is 17.8 Å². The van der Waals surface area contributed by atoms with Gasteiger partial charge in [0.05, 0.1) is 6.54 Å². The Morgan fingerprint density at radius 3 is 2.31 bits per heavy atom. The maximum atomic E-state index is 11.4. The Balaban J connectivity index is 3.82. The molecule has 5 N–H and O–H groups in total. The highest BCUT2D eigenvalue weighted by molar-refractivity contribution is 5.87. The molecule has 1 atom stereocenters. The van der Waals surface area contributed by atoms with Crippen molar-refractivity contribution in [3.63, 3.8) is 0 Å². The average molecular weight is 231 g/mol. The van der Waals surface area contributed by atoms with Crippen molar-refractivity contribution < 1.29 is 19.5 Å². The van der Waals surface area contributed by atoms with E-state index >= 15 is 0 Å². The van der Waals surface area contributed by atoms with Crippen molar-refractivity contribution in [3.8, 4) is 0 Å². The molecule has 0 heterocycles. The first-order chi connectivity index (χ1) is 7.51. The van der Waals surface area contributed by atoms with Crippen LogP contribution >= 0.6 is 0 Å². The lowest BCUT2D eigenvalue weighted by Crippen LogP contribution is -2.42. The molecule has 0 bridgehead atoms. The molecular formula is C9H17N3O4. The molecule has 92 valence electrons. The molecule has 1 unspecified atom stereocenters. The summed E-state index contributed by atoms with van der Waals surface area (Å²) in [5, 5.41) is 12.8. The van der Waals surface area contributed by atoms with Gasteiger partial charge in [0.15, 0.2) is 0 Å². The van der Waals surface area contributed by atoms with E-state index < -0.39 is 18.4 Å². The van der Waals surface area contributed by atoms with E-state index in [1.165, 1.54) is 0 Å². The predicted octanol–water partition coefficient (Wildman–Crippen LogP) is -1.71. The number of nitrogens with one attached hydrogen (secondary N) is 2. The molecule has 0 aliphatic rings. The van der Waals surface area contributed by atoms with Crippen LogP contribution in [0, 0.1) is 5.92 Å². The molecule has 0 fully saturated rings. The van der Waals surface area contributed by atoms with Crippen molar-refractivity contribution in [2.24, 2.45) is 11.7 Å². The minimum Gasteiger partial charge on any atom is -0.480 e. The lowest BCUT2D eigenvalue weighted by atomic mass is 10.1. The summed E-state index contributed by atoms with van der Waals surface area (Å²) >= 11 is 0. The maximum absolute atomic E-state index is 11.4. The van der Waals surface area contributed by atoms with Crippen molar-refractivity contribution in [1.29, 1.82) is 0 Å². The summed E-state index contributed by atoms with van der Waals surface area (Å²) in [6, 6.07) is 0. The van der Waals surface area contributed by atoms with Crippen molar-refractivity contribution in [3.05, 3.63) is 0 Å². The van der Waals surface area contributed by atoms with E-state index in [1.54, 1.807) is 0 Å². The van der Waals surface area contributed by atoms with Gasteiger partial charge in [0, 0.05) is 12.5 Å². The summed E-state index contributed by atoms with van der Waals surface area (Å²) in [4.78, 5) is 32.5. The van der Waals surface area contributed by atoms with Crippen LogP contribution in [0.5, 0.6) is 0 Å². The Morgan fingerprint density at radius 1 is 1.25 bits per heavy atom. The molecule has 0 saturated carbocycles. The molecule has 0 spiro atoms. The van der Waals surface area contributed by atoms with Gasteiger partial charge in [-0.1, -0.05) is 6.92 Å². The molecule has 0 aromatic heterocycles. The first kappa shape index (κ1) is 14.4. The van der Waals surface area contributed by atoms with Gasteiger partial charge in [-0.15, -0.1) is 0 Å². The zero-order chi connectivity index (χ0) is 12.6. The second-order valence-corrected chi connectivity index (χ2v) is 3.23. The minimum atomic E-state index is -1.13. The maximum Gasteiger partial charge on any atom is 0.322 e. The van der Waals surface area contributed by atoms with Gasteiger partial charge in [0.25, 0.3) is 0 Å². The van der Waals surface area contributed by atoms with Gasteiger partial charge < -0.3 is 21.5 Å². The normalized spacial score (nSPS) is 11.6. The second kappa shape index (κ2) is 7.63. The number of carbonyl (C=O) groups is 3. The molecule has 0 rings (SSSR count). The van der Waals surface area contributed by atoms with E-state index in [0.29, 0.717) is 6.42 Å². The number of aliphatic carboxylic acids is 1. The molecule has 16 heavy (non-hydrogen) atoms. The fourth-order valence-corrected chi connectivity index (χ4v) is 1.01. The summed E-state index contributed by atoms with van der Waals surface area (Å²) in [5.41, 5.74) is 5.35. The van der Waals surface area contributed by atoms with Crippen LogP contribution < -0.4 is 16.4 Å². The Kier molecular flexibility index (Phi) is 6.86. The van der Waals surface area contributed by atoms with E-state index in [1.807, 2.05) is 6.92 Å². The zero-order valence-electron chi connectivity index (χ0n) is 9.16. The average Bonchev–Trinajstić information content (AvgIpc) is 2.25. The molecule has 0 aromatic rings. The van der Waals surface area contributed by atoms with Gasteiger partial charge in [-0.05, 0) is 6.42 Å². The number of nitrogens with two attached hydrogens (primary N) is 1. The van der Waals surface area contributed by atoms with Crippen LogP contribution in [0.4, 0.5) is 0 Å². The van der Waals surface area contributed by atoms with Gasteiger partial charge in [-0.25, -0.2) is 0 Å². The van der Waals surface area contributed by atoms with E-state index in [4.69, 9.17) is 10.8 Å². The number of carbonyl (C=O) groups excluding carboxylic acids is 2. The third kappa shape index (κ3) is 5.97. The summed E-state index contributed by atoms with van der Waals surface area (Å²) in [5.74, 6) is -2.28. The standard InChI is InChI=1S/C9H17N3O4/c1-2-6(3-10)9(16)12-4-7(13)11-5-8(14)15/h6H,2-5,10H2,1H3,(H,11,13)(H,12,16)(H,14,15). The largest absolute Gasteiger partial charge is 0.480 e. The molecule has 0 aromatic carbocycles. The van der Waals surface area contributed by atoms with E-state index in [2.05, 4.69) is 10.6 Å². The highest BCUT2D eigenvalue weighted by Crippen LogP contribution is 1.98. The summed E-state index contributed by atoms with van der Waals surface area (Å²) in [7, 11) is 0. The van der Waals surface area contributed by atoms with Crippen LogP contribution in [0.25, 0.3) is 0 Å². The van der Waals surface area contributed by atoms with Crippen LogP contribution in [-0.2, 0) is 14.4 Å². The molecule has 2 amide bonds.